The van der Waals surface area contributed by atoms with E-state index < -0.39 is 52.1 Å². The molecule has 0 N–H and O–H groups in total. The third-order valence-electron chi connectivity index (χ3n) is 17.9. The first-order chi connectivity index (χ1) is 58.8. The van der Waals surface area contributed by atoms with Crippen LogP contribution in [-0.2, 0) is 69.1 Å². The molecule has 653 valence electrons. The summed E-state index contributed by atoms with van der Waals surface area (Å²) >= 11 is 0. The minimum atomic E-state index is -4.46. The molecule has 5 heterocycles. The van der Waals surface area contributed by atoms with Gasteiger partial charge in [-0.05, 0) is 116 Å². The predicted octanol–water partition coefficient (Wildman–Crippen LogP) is 5.52. The molecular formula is C89H82CuN10Na4O20S5. The van der Waals surface area contributed by atoms with E-state index in [1.165, 1.54) is 43.0 Å². The number of rotatable bonds is 13. The first-order valence-electron chi connectivity index (χ1n) is 37.3. The Kier molecular flexibility index (Phi) is 50.1. The summed E-state index contributed by atoms with van der Waals surface area (Å²) in [5, 5.41) is 3.57. The van der Waals surface area contributed by atoms with Gasteiger partial charge in [-0.3, -0.25) is 4.85 Å². The average molecular weight is 1930 g/mol. The molecule has 0 amide bonds. The van der Waals surface area contributed by atoms with Crippen molar-refractivity contribution >= 4 is 108 Å². The van der Waals surface area contributed by atoms with Gasteiger partial charge in [0.05, 0.1) is 74.7 Å². The summed E-state index contributed by atoms with van der Waals surface area (Å²) in [5.41, 5.74) is 12.1. The summed E-state index contributed by atoms with van der Waals surface area (Å²) in [4.78, 5) is 45.3. The maximum atomic E-state index is 10.9. The largest absolute Gasteiger partial charge is 2.00 e. The van der Waals surface area contributed by atoms with Gasteiger partial charge in [-0.15, -0.1) is 62.1 Å². The van der Waals surface area contributed by atoms with Crippen molar-refractivity contribution in [2.24, 2.45) is 0 Å². The van der Waals surface area contributed by atoms with Crippen LogP contribution in [0.25, 0.3) is 99.4 Å². The van der Waals surface area contributed by atoms with Gasteiger partial charge in [0.2, 0.25) is 0 Å². The molecule has 0 spiro atoms. The number of hydrogen-bond donors (Lipinski definition) is 0. The molecule has 15 rings (SSSR count). The van der Waals surface area contributed by atoms with Gasteiger partial charge in [0.25, 0.3) is 0 Å². The van der Waals surface area contributed by atoms with E-state index in [2.05, 4.69) is 81.6 Å². The summed E-state index contributed by atoms with van der Waals surface area (Å²) in [5.74, 6) is 7.41. The third kappa shape index (κ3) is 34.8. The third-order valence-corrected chi connectivity index (χ3v) is 19.6. The Balaban J connectivity index is 0.000000543. The van der Waals surface area contributed by atoms with Gasteiger partial charge < -0.3 is 62.7 Å². The molecule has 0 unspecified atom stereocenters. The van der Waals surface area contributed by atoms with Crippen LogP contribution in [0.2, 0.25) is 0 Å². The summed E-state index contributed by atoms with van der Waals surface area (Å²) in [7, 11) is -12.3. The molecule has 10 aromatic carbocycles. The zero-order valence-corrected chi connectivity index (χ0v) is 86.6. The number of methoxy groups -OCH3 is 4. The molecule has 0 fully saturated rings. The quantitative estimate of drug-likeness (QED) is 0.0779. The van der Waals surface area contributed by atoms with E-state index in [9.17, 15) is 25.9 Å². The van der Waals surface area contributed by atoms with Crippen molar-refractivity contribution < 1.29 is 223 Å². The Bertz CT molecular complexity index is 6370. The van der Waals surface area contributed by atoms with Crippen LogP contribution in [0.4, 0.5) is 11.4 Å². The van der Waals surface area contributed by atoms with Crippen LogP contribution in [-0.4, -0.2) is 122 Å². The van der Waals surface area contributed by atoms with E-state index in [0.29, 0.717) is 80.8 Å². The second kappa shape index (κ2) is 55.8. The first kappa shape index (κ1) is 116. The molecule has 0 atom stereocenters. The minimum absolute atomic E-state index is 0. The summed E-state index contributed by atoms with van der Waals surface area (Å²) in [6, 6.07) is 71.6. The van der Waals surface area contributed by atoms with Crippen molar-refractivity contribution in [3.05, 3.63) is 275 Å². The maximum Gasteiger partial charge on any atom is 2.00 e. The van der Waals surface area contributed by atoms with Crippen molar-refractivity contribution in [3.8, 4) is 80.0 Å². The van der Waals surface area contributed by atoms with Gasteiger partial charge >= 0.3 is 167 Å². The zero-order valence-electron chi connectivity index (χ0n) is 73.6. The van der Waals surface area contributed by atoms with E-state index in [1.54, 1.807) is 56.7 Å². The second-order valence-corrected chi connectivity index (χ2v) is 31.6. The van der Waals surface area contributed by atoms with E-state index in [4.69, 9.17) is 115 Å². The van der Waals surface area contributed by atoms with Gasteiger partial charge in [0.15, 0.2) is 11.4 Å². The van der Waals surface area contributed by atoms with Crippen molar-refractivity contribution in [1.29, 1.82) is 0 Å². The van der Waals surface area contributed by atoms with Gasteiger partial charge in [0, 0.05) is 56.3 Å². The van der Waals surface area contributed by atoms with Gasteiger partial charge in [0.1, 0.15) is 43.2 Å². The molecule has 8 bridgehead atoms. The first-order valence-corrected chi connectivity index (χ1v) is 43.1. The van der Waals surface area contributed by atoms with E-state index in [1.807, 2.05) is 167 Å². The molecule has 30 nitrogen and oxygen atoms in total. The van der Waals surface area contributed by atoms with Gasteiger partial charge in [-0.2, -0.15) is 35.4 Å². The second-order valence-electron chi connectivity index (χ2n) is 27.7. The number of aromatic nitrogens is 8. The fourth-order valence-corrected chi connectivity index (χ4v) is 12.9. The van der Waals surface area contributed by atoms with Gasteiger partial charge in [-0.25, -0.2) is 31.6 Å². The van der Waals surface area contributed by atoms with Crippen LogP contribution in [0.3, 0.4) is 0 Å². The number of fused-ring (bicyclic) bond motifs is 20. The predicted molar refractivity (Wildman–Crippen MR) is 465 cm³/mol. The molecule has 3 aromatic heterocycles. The number of nitrogens with zero attached hydrogens (tertiary/aromatic N) is 10. The Morgan fingerprint density at radius 3 is 0.915 bits per heavy atom. The molecular weight excluding hydrogens is 1840 g/mol. The Morgan fingerprint density at radius 2 is 0.636 bits per heavy atom. The Morgan fingerprint density at radius 1 is 0.349 bits per heavy atom. The van der Waals surface area contributed by atoms with Gasteiger partial charge in [-0.1, -0.05) is 197 Å². The van der Waals surface area contributed by atoms with Crippen LogP contribution in [0.5, 0.6) is 34.5 Å². The molecule has 0 aliphatic carbocycles. The molecule has 0 saturated heterocycles. The SMILES string of the molecule is COc1[c-]ccc(C(C)C)c1.COc1[c-]ccc(C(C)C)c1.COc1cc(C(C)C)ccc1S(=O)(=O)[O-].COc1cc(C(C)C)ccc1S(=O)(=O)[O-].O=S(=O)=O.O=S(=O)=O.O=S(=O)=O.[C-]#[N+]c1ccc(Oc2cccc(C(C)C)c2)cc1[N+]#[C-].[Cu+2].[Na+].[Na+].[Na+].[Na+].c1ccc2c(c1)-c1nc-2nc2[n-]c(nc3nc(nc4[n-]c(n1)c1ccccc41)-c1ccccc1-3)c1ccccc21. The minimum Gasteiger partial charge on any atom is -0.744 e. The average Bonchev–Trinajstić information content (AvgIpc) is 1.60. The van der Waals surface area contributed by atoms with Crippen LogP contribution >= 0.6 is 0 Å². The molecule has 1 radical (unpaired) electrons. The van der Waals surface area contributed by atoms with Crippen LogP contribution in [0, 0.1) is 25.3 Å². The molecule has 2 aliphatic rings. The van der Waals surface area contributed by atoms with Crippen LogP contribution in [0.1, 0.15) is 127 Å². The number of benzene rings is 10. The number of hydrogen-bond acceptors (Lipinski definition) is 26. The maximum absolute atomic E-state index is 10.9. The molecule has 2 aliphatic heterocycles. The molecule has 129 heavy (non-hydrogen) atoms. The summed E-state index contributed by atoms with van der Waals surface area (Å²) in [6.45, 7) is 34.9. The summed E-state index contributed by atoms with van der Waals surface area (Å²) in [6.07, 6.45) is 0. The van der Waals surface area contributed by atoms with Crippen molar-refractivity contribution in [2.45, 2.75) is 109 Å². The fraction of sp³-hybridized carbons (Fsp3) is 0.213. The monoisotopic (exact) mass is 1930 g/mol. The Hall–Kier alpha value is -9.26. The standard InChI is InChI=1S/C32H16N8.C17H14N2O.2C10H14O4S.2C10H13O.Cu.4Na.3O3S/c1-2-10-18-17(9-1)25-33-26(18)38-28-21-13-5-6-14-22(21)30(35-28)40-32-24-16-8-7-15-23(24)31(36-32)39-29-20-12-4-3-11-19(20)27(34-29)37-25;1-12(2)13-6-5-7-14(10-13)20-15-8-9-16(18-3)17(11-15)19-4;2*1-7(2)8-4-5-10(15(11,12)13)9(6-8)14-3;2*1-8(2)9-5-4-6-10(7-9)11-3;;;;;;3*1-4(2)3/h1-16H;5-12H,1-2H3;2*4-7H,1-3H3,(H,11,12,13);2*4-5,7-8H,1-3H3;;;;;;;;/q-2;;;;2*-1;+2;4*+1;;;/p-2. The topological polar surface area (TPSA) is 428 Å². The van der Waals surface area contributed by atoms with Crippen molar-refractivity contribution in [3.63, 3.8) is 0 Å². The molecule has 40 heteroatoms. The van der Waals surface area contributed by atoms with Crippen molar-refractivity contribution in [2.75, 3.05) is 28.4 Å². The van der Waals surface area contributed by atoms with Crippen molar-refractivity contribution in [1.82, 2.24) is 39.9 Å². The normalized spacial score (nSPS) is 10.3. The van der Waals surface area contributed by atoms with E-state index >= 15 is 0 Å². The number of ether oxygens (including phenoxy) is 5. The zero-order chi connectivity index (χ0) is 91.3. The molecule has 13 aromatic rings. The Labute approximate surface area is 852 Å². The van der Waals surface area contributed by atoms with Crippen LogP contribution < -0.4 is 152 Å². The summed E-state index contributed by atoms with van der Waals surface area (Å²) < 4.78 is 167. The van der Waals surface area contributed by atoms with E-state index in [0.717, 1.165) is 72.2 Å². The van der Waals surface area contributed by atoms with E-state index in [-0.39, 0.29) is 168 Å². The van der Waals surface area contributed by atoms with Crippen LogP contribution in [0.15, 0.2) is 222 Å². The smallest absolute Gasteiger partial charge is 0.744 e. The molecule has 0 saturated carbocycles. The fourth-order valence-electron chi connectivity index (χ4n) is 11.7.